The standard InChI is InChI=1S/C17H24N2O2/c1-3-17(4-2,12-20)19-16(21)10-9-13-11-18-15-8-6-5-7-14(13)15/h5-8,11,18,20H,3-4,9-10,12H2,1-2H3,(H,19,21). The van der Waals surface area contributed by atoms with Crippen molar-refractivity contribution >= 4 is 16.8 Å². The number of aromatic amines is 1. The number of aromatic nitrogens is 1. The zero-order valence-electron chi connectivity index (χ0n) is 12.8. The van der Waals surface area contributed by atoms with Crippen molar-refractivity contribution in [2.45, 2.75) is 45.1 Å². The fourth-order valence-corrected chi connectivity index (χ4v) is 2.63. The van der Waals surface area contributed by atoms with Gasteiger partial charge < -0.3 is 15.4 Å². The fourth-order valence-electron chi connectivity index (χ4n) is 2.63. The molecule has 0 saturated heterocycles. The molecule has 1 aromatic carbocycles. The molecule has 0 fully saturated rings. The second kappa shape index (κ2) is 6.76. The van der Waals surface area contributed by atoms with Crippen molar-refractivity contribution in [2.24, 2.45) is 0 Å². The minimum atomic E-state index is -0.475. The predicted octanol–water partition coefficient (Wildman–Crippen LogP) is 2.77. The number of aliphatic hydroxyl groups excluding tert-OH is 1. The number of carbonyl (C=O) groups excluding carboxylic acids is 1. The Morgan fingerprint density at radius 2 is 2.00 bits per heavy atom. The topological polar surface area (TPSA) is 65.1 Å². The van der Waals surface area contributed by atoms with E-state index in [0.717, 1.165) is 23.9 Å². The van der Waals surface area contributed by atoms with E-state index in [2.05, 4.69) is 16.4 Å². The number of carbonyl (C=O) groups is 1. The van der Waals surface area contributed by atoms with E-state index in [9.17, 15) is 9.90 Å². The zero-order valence-corrected chi connectivity index (χ0v) is 12.8. The number of hydrogen-bond acceptors (Lipinski definition) is 2. The van der Waals surface area contributed by atoms with E-state index in [1.807, 2.05) is 38.2 Å². The van der Waals surface area contributed by atoms with Gasteiger partial charge in [-0.05, 0) is 30.9 Å². The summed E-state index contributed by atoms with van der Waals surface area (Å²) in [7, 11) is 0. The molecule has 0 radical (unpaired) electrons. The van der Waals surface area contributed by atoms with Crippen LogP contribution in [-0.2, 0) is 11.2 Å². The van der Waals surface area contributed by atoms with Crippen LogP contribution in [-0.4, -0.2) is 28.1 Å². The van der Waals surface area contributed by atoms with Crippen LogP contribution in [0.1, 0.15) is 38.7 Å². The van der Waals surface area contributed by atoms with E-state index < -0.39 is 5.54 Å². The Bertz CT molecular complexity index is 591. The summed E-state index contributed by atoms with van der Waals surface area (Å²) in [4.78, 5) is 15.4. The van der Waals surface area contributed by atoms with Gasteiger partial charge in [-0.25, -0.2) is 0 Å². The smallest absolute Gasteiger partial charge is 0.220 e. The van der Waals surface area contributed by atoms with E-state index in [1.165, 1.54) is 5.39 Å². The van der Waals surface area contributed by atoms with Crippen LogP contribution < -0.4 is 5.32 Å². The molecule has 1 amide bonds. The van der Waals surface area contributed by atoms with Gasteiger partial charge in [0.25, 0.3) is 0 Å². The highest BCUT2D eigenvalue weighted by Gasteiger charge is 2.26. The van der Waals surface area contributed by atoms with E-state index in [0.29, 0.717) is 12.8 Å². The largest absolute Gasteiger partial charge is 0.394 e. The first-order chi connectivity index (χ1) is 10.1. The third-order valence-corrected chi connectivity index (χ3v) is 4.36. The first kappa shape index (κ1) is 15.6. The van der Waals surface area contributed by atoms with Crippen molar-refractivity contribution in [3.63, 3.8) is 0 Å². The lowest BCUT2D eigenvalue weighted by molar-refractivity contribution is -0.123. The Labute approximate surface area is 125 Å². The molecule has 0 spiro atoms. The van der Waals surface area contributed by atoms with Gasteiger partial charge >= 0.3 is 0 Å². The number of amides is 1. The van der Waals surface area contributed by atoms with Crippen LogP contribution in [0.3, 0.4) is 0 Å². The summed E-state index contributed by atoms with van der Waals surface area (Å²) >= 11 is 0. The highest BCUT2D eigenvalue weighted by molar-refractivity contribution is 5.84. The molecule has 1 heterocycles. The van der Waals surface area contributed by atoms with Gasteiger partial charge in [-0.3, -0.25) is 4.79 Å². The van der Waals surface area contributed by atoms with Crippen molar-refractivity contribution in [3.05, 3.63) is 36.0 Å². The number of aryl methyl sites for hydroxylation is 1. The summed E-state index contributed by atoms with van der Waals surface area (Å²) in [6, 6.07) is 8.09. The van der Waals surface area contributed by atoms with Gasteiger partial charge in [-0.15, -0.1) is 0 Å². The second-order valence-corrected chi connectivity index (χ2v) is 5.55. The number of fused-ring (bicyclic) bond motifs is 1. The first-order valence-corrected chi connectivity index (χ1v) is 7.61. The Morgan fingerprint density at radius 1 is 1.29 bits per heavy atom. The third kappa shape index (κ3) is 3.45. The van der Waals surface area contributed by atoms with Gasteiger partial charge in [0.1, 0.15) is 0 Å². The lowest BCUT2D eigenvalue weighted by Crippen LogP contribution is -2.50. The van der Waals surface area contributed by atoms with E-state index >= 15 is 0 Å². The van der Waals surface area contributed by atoms with Crippen molar-refractivity contribution in [1.82, 2.24) is 10.3 Å². The molecule has 0 aliphatic carbocycles. The molecular formula is C17H24N2O2. The zero-order chi connectivity index (χ0) is 15.3. The molecule has 2 rings (SSSR count). The van der Waals surface area contributed by atoms with Gasteiger partial charge in [-0.2, -0.15) is 0 Å². The van der Waals surface area contributed by atoms with Crippen molar-refractivity contribution in [1.29, 1.82) is 0 Å². The van der Waals surface area contributed by atoms with Crippen LogP contribution in [0, 0.1) is 0 Å². The third-order valence-electron chi connectivity index (χ3n) is 4.36. The monoisotopic (exact) mass is 288 g/mol. The van der Waals surface area contributed by atoms with Crippen molar-refractivity contribution in [2.75, 3.05) is 6.61 Å². The molecule has 21 heavy (non-hydrogen) atoms. The fraction of sp³-hybridized carbons (Fsp3) is 0.471. The minimum Gasteiger partial charge on any atom is -0.394 e. The van der Waals surface area contributed by atoms with Gasteiger partial charge in [0.15, 0.2) is 0 Å². The molecule has 0 atom stereocenters. The molecule has 114 valence electrons. The lowest BCUT2D eigenvalue weighted by Gasteiger charge is -2.30. The summed E-state index contributed by atoms with van der Waals surface area (Å²) in [5.41, 5.74) is 1.78. The second-order valence-electron chi connectivity index (χ2n) is 5.55. The molecule has 4 nitrogen and oxygen atoms in total. The first-order valence-electron chi connectivity index (χ1n) is 7.61. The molecule has 0 bridgehead atoms. The molecular weight excluding hydrogens is 264 g/mol. The van der Waals surface area contributed by atoms with Crippen LogP contribution >= 0.6 is 0 Å². The lowest BCUT2D eigenvalue weighted by atomic mass is 9.93. The highest BCUT2D eigenvalue weighted by atomic mass is 16.3. The number of para-hydroxylation sites is 1. The van der Waals surface area contributed by atoms with E-state index in [4.69, 9.17) is 0 Å². The minimum absolute atomic E-state index is 0.00182. The number of rotatable bonds is 7. The number of benzene rings is 1. The van der Waals surface area contributed by atoms with Crippen LogP contribution in [0.15, 0.2) is 30.5 Å². The van der Waals surface area contributed by atoms with Crippen molar-refractivity contribution < 1.29 is 9.90 Å². The van der Waals surface area contributed by atoms with Crippen LogP contribution in [0.25, 0.3) is 10.9 Å². The van der Waals surface area contributed by atoms with Crippen LogP contribution in [0.5, 0.6) is 0 Å². The van der Waals surface area contributed by atoms with Crippen molar-refractivity contribution in [3.8, 4) is 0 Å². The molecule has 0 saturated carbocycles. The number of aliphatic hydroxyl groups is 1. The quantitative estimate of drug-likeness (QED) is 0.733. The number of nitrogens with one attached hydrogen (secondary N) is 2. The average Bonchev–Trinajstić information content (AvgIpc) is 2.94. The summed E-state index contributed by atoms with van der Waals surface area (Å²) in [5, 5.41) is 13.7. The molecule has 0 unspecified atom stereocenters. The summed E-state index contributed by atoms with van der Waals surface area (Å²) in [6.07, 6.45) is 4.57. The van der Waals surface area contributed by atoms with Gasteiger partial charge in [0.2, 0.25) is 5.91 Å². The maximum Gasteiger partial charge on any atom is 0.220 e. The Morgan fingerprint density at radius 3 is 2.67 bits per heavy atom. The SMILES string of the molecule is CCC(CC)(CO)NC(=O)CCc1c[nH]c2ccccc12. The predicted molar refractivity (Wildman–Crippen MR) is 85.2 cm³/mol. The van der Waals surface area contributed by atoms with Crippen LogP contribution in [0.4, 0.5) is 0 Å². The van der Waals surface area contributed by atoms with Gasteiger partial charge in [-0.1, -0.05) is 32.0 Å². The Balaban J connectivity index is 1.98. The Kier molecular flexibility index (Phi) is 5.02. The summed E-state index contributed by atoms with van der Waals surface area (Å²) in [5.74, 6) is -0.00182. The van der Waals surface area contributed by atoms with E-state index in [1.54, 1.807) is 0 Å². The highest BCUT2D eigenvalue weighted by Crippen LogP contribution is 2.19. The van der Waals surface area contributed by atoms with Gasteiger partial charge in [0.05, 0.1) is 12.1 Å². The maximum atomic E-state index is 12.1. The molecule has 1 aromatic heterocycles. The average molecular weight is 288 g/mol. The molecule has 2 aromatic rings. The molecule has 0 aliphatic rings. The molecule has 3 N–H and O–H groups in total. The van der Waals surface area contributed by atoms with Gasteiger partial charge in [0, 0.05) is 23.5 Å². The summed E-state index contributed by atoms with van der Waals surface area (Å²) < 4.78 is 0. The number of hydrogen-bond donors (Lipinski definition) is 3. The maximum absolute atomic E-state index is 12.1. The number of H-pyrrole nitrogens is 1. The Hall–Kier alpha value is -1.81. The normalized spacial score (nSPS) is 11.8. The summed E-state index contributed by atoms with van der Waals surface area (Å²) in [6.45, 7) is 3.96. The van der Waals surface area contributed by atoms with E-state index in [-0.39, 0.29) is 12.5 Å². The molecule has 4 heteroatoms. The molecule has 0 aliphatic heterocycles. The van der Waals surface area contributed by atoms with Crippen LogP contribution in [0.2, 0.25) is 0 Å².